The Labute approximate surface area is 111 Å². The summed E-state index contributed by atoms with van der Waals surface area (Å²) in [4.78, 5) is 6.54. The Balaban J connectivity index is 2.40. The Morgan fingerprint density at radius 3 is 3.17 bits per heavy atom. The van der Waals surface area contributed by atoms with Crippen LogP contribution in [0.1, 0.15) is 31.7 Å². The van der Waals surface area contributed by atoms with Gasteiger partial charge < -0.3 is 15.8 Å². The Hall–Kier alpha value is -1.49. The van der Waals surface area contributed by atoms with Crippen molar-refractivity contribution in [3.05, 3.63) is 22.8 Å². The molecule has 0 radical (unpaired) electrons. The van der Waals surface area contributed by atoms with Crippen LogP contribution in [0.25, 0.3) is 0 Å². The molecule has 0 aromatic carbocycles. The first-order valence-electron chi connectivity index (χ1n) is 6.08. The van der Waals surface area contributed by atoms with E-state index in [0.717, 1.165) is 31.6 Å². The maximum atomic E-state index is 8.74. The SMILES string of the molecule is CCC1CCCN1c1nccc(/C(N)=N/O)c1Cl. The zero-order valence-electron chi connectivity index (χ0n) is 10.3. The molecule has 1 aliphatic heterocycles. The molecule has 2 heterocycles. The van der Waals surface area contributed by atoms with Gasteiger partial charge in [-0.3, -0.25) is 0 Å². The van der Waals surface area contributed by atoms with Crippen LogP contribution in [0.15, 0.2) is 17.4 Å². The number of nitrogens with zero attached hydrogens (tertiary/aromatic N) is 3. The van der Waals surface area contributed by atoms with Gasteiger partial charge in [-0.05, 0) is 25.3 Å². The summed E-state index contributed by atoms with van der Waals surface area (Å²) in [7, 11) is 0. The first-order valence-corrected chi connectivity index (χ1v) is 6.45. The van der Waals surface area contributed by atoms with Crippen LogP contribution in [0.2, 0.25) is 5.02 Å². The highest BCUT2D eigenvalue weighted by atomic mass is 35.5. The largest absolute Gasteiger partial charge is 0.409 e. The summed E-state index contributed by atoms with van der Waals surface area (Å²) in [5.41, 5.74) is 6.12. The molecular weight excluding hydrogens is 252 g/mol. The molecule has 3 N–H and O–H groups in total. The average Bonchev–Trinajstić information content (AvgIpc) is 2.86. The predicted octanol–water partition coefficient (Wildman–Crippen LogP) is 2.21. The summed E-state index contributed by atoms with van der Waals surface area (Å²) < 4.78 is 0. The minimum atomic E-state index is 0.0101. The molecule has 1 aliphatic rings. The quantitative estimate of drug-likeness (QED) is 0.381. The van der Waals surface area contributed by atoms with E-state index in [-0.39, 0.29) is 5.84 Å². The number of hydrogen-bond donors (Lipinski definition) is 2. The van der Waals surface area contributed by atoms with Crippen LogP contribution in [0, 0.1) is 0 Å². The smallest absolute Gasteiger partial charge is 0.171 e. The van der Waals surface area contributed by atoms with E-state index in [2.05, 4.69) is 22.0 Å². The van der Waals surface area contributed by atoms with Crippen molar-refractivity contribution in [1.82, 2.24) is 4.98 Å². The monoisotopic (exact) mass is 268 g/mol. The van der Waals surface area contributed by atoms with Gasteiger partial charge in [0.05, 0.1) is 5.02 Å². The molecule has 1 fully saturated rings. The van der Waals surface area contributed by atoms with Crippen LogP contribution in [0.4, 0.5) is 5.82 Å². The summed E-state index contributed by atoms with van der Waals surface area (Å²) in [6, 6.07) is 2.12. The molecule has 2 rings (SSSR count). The number of aromatic nitrogens is 1. The number of nitrogens with two attached hydrogens (primary N) is 1. The molecule has 0 bridgehead atoms. The van der Waals surface area contributed by atoms with Gasteiger partial charge in [0, 0.05) is 24.3 Å². The van der Waals surface area contributed by atoms with Gasteiger partial charge >= 0.3 is 0 Å². The topological polar surface area (TPSA) is 74.7 Å². The van der Waals surface area contributed by atoms with Gasteiger partial charge in [-0.1, -0.05) is 23.7 Å². The van der Waals surface area contributed by atoms with Crippen LogP contribution in [-0.4, -0.2) is 28.6 Å². The lowest BCUT2D eigenvalue weighted by Gasteiger charge is -2.26. The third-order valence-corrected chi connectivity index (χ3v) is 3.75. The zero-order valence-corrected chi connectivity index (χ0v) is 11.1. The fourth-order valence-electron chi connectivity index (χ4n) is 2.42. The van der Waals surface area contributed by atoms with Gasteiger partial charge in [0.15, 0.2) is 5.84 Å². The van der Waals surface area contributed by atoms with Gasteiger partial charge in [-0.15, -0.1) is 0 Å². The third kappa shape index (κ3) is 2.22. The lowest BCUT2D eigenvalue weighted by atomic mass is 10.1. The number of hydrogen-bond acceptors (Lipinski definition) is 4. The highest BCUT2D eigenvalue weighted by molar-refractivity contribution is 6.36. The molecule has 98 valence electrons. The molecule has 0 amide bonds. The molecule has 1 saturated heterocycles. The molecule has 0 aliphatic carbocycles. The fourth-order valence-corrected chi connectivity index (χ4v) is 2.74. The van der Waals surface area contributed by atoms with Crippen molar-refractivity contribution in [3.8, 4) is 0 Å². The molecule has 0 spiro atoms. The molecule has 6 heteroatoms. The first kappa shape index (κ1) is 13.0. The summed E-state index contributed by atoms with van der Waals surface area (Å²) >= 11 is 6.31. The molecule has 1 aromatic heterocycles. The van der Waals surface area contributed by atoms with Crippen molar-refractivity contribution in [2.45, 2.75) is 32.2 Å². The van der Waals surface area contributed by atoms with Gasteiger partial charge in [-0.2, -0.15) is 0 Å². The minimum Gasteiger partial charge on any atom is -0.409 e. The van der Waals surface area contributed by atoms with E-state index in [9.17, 15) is 0 Å². The Bertz CT molecular complexity index is 463. The number of oxime groups is 1. The summed E-state index contributed by atoms with van der Waals surface area (Å²) in [6.45, 7) is 3.11. The van der Waals surface area contributed by atoms with E-state index < -0.39 is 0 Å². The lowest BCUT2D eigenvalue weighted by molar-refractivity contribution is 0.318. The second-order valence-electron chi connectivity index (χ2n) is 4.38. The second kappa shape index (κ2) is 5.44. The van der Waals surface area contributed by atoms with Crippen LogP contribution in [0.3, 0.4) is 0 Å². The number of halogens is 1. The van der Waals surface area contributed by atoms with Crippen molar-refractivity contribution < 1.29 is 5.21 Å². The van der Waals surface area contributed by atoms with Crippen molar-refractivity contribution in [2.24, 2.45) is 10.9 Å². The number of pyridine rings is 1. The van der Waals surface area contributed by atoms with E-state index >= 15 is 0 Å². The first-order chi connectivity index (χ1) is 8.69. The number of amidine groups is 1. The van der Waals surface area contributed by atoms with E-state index in [0.29, 0.717) is 16.6 Å². The third-order valence-electron chi connectivity index (χ3n) is 3.37. The van der Waals surface area contributed by atoms with Crippen LogP contribution in [-0.2, 0) is 0 Å². The lowest BCUT2D eigenvalue weighted by Crippen LogP contribution is -2.30. The average molecular weight is 269 g/mol. The summed E-state index contributed by atoms with van der Waals surface area (Å²) in [5.74, 6) is 0.737. The molecule has 5 nitrogen and oxygen atoms in total. The maximum absolute atomic E-state index is 8.74. The maximum Gasteiger partial charge on any atom is 0.171 e. The highest BCUT2D eigenvalue weighted by Crippen LogP contribution is 2.32. The highest BCUT2D eigenvalue weighted by Gasteiger charge is 2.26. The molecule has 0 saturated carbocycles. The van der Waals surface area contributed by atoms with Gasteiger partial charge in [-0.25, -0.2) is 4.98 Å². The normalized spacial score (nSPS) is 20.4. The standard InChI is InChI=1S/C12H17ClN4O/c1-2-8-4-3-7-17(8)12-10(13)9(5-6-15-12)11(14)16-18/h5-6,8,18H,2-4,7H2,1H3,(H2,14,16). The molecule has 1 aromatic rings. The van der Waals surface area contributed by atoms with E-state index in [1.54, 1.807) is 12.3 Å². The van der Waals surface area contributed by atoms with Crippen LogP contribution in [0.5, 0.6) is 0 Å². The van der Waals surface area contributed by atoms with Crippen LogP contribution >= 0.6 is 11.6 Å². The molecular formula is C12H17ClN4O. The van der Waals surface area contributed by atoms with Crippen LogP contribution < -0.4 is 10.6 Å². The van der Waals surface area contributed by atoms with Gasteiger partial charge in [0.1, 0.15) is 5.82 Å². The number of rotatable bonds is 3. The van der Waals surface area contributed by atoms with Gasteiger partial charge in [0.2, 0.25) is 0 Å². The van der Waals surface area contributed by atoms with E-state index in [4.69, 9.17) is 22.5 Å². The molecule has 1 unspecified atom stereocenters. The second-order valence-corrected chi connectivity index (χ2v) is 4.76. The summed E-state index contributed by atoms with van der Waals surface area (Å²) in [6.07, 6.45) is 5.00. The van der Waals surface area contributed by atoms with E-state index in [1.165, 1.54) is 0 Å². The molecule has 18 heavy (non-hydrogen) atoms. The van der Waals surface area contributed by atoms with E-state index in [1.807, 2.05) is 0 Å². The van der Waals surface area contributed by atoms with Crippen molar-refractivity contribution in [2.75, 3.05) is 11.4 Å². The Morgan fingerprint density at radius 1 is 1.72 bits per heavy atom. The zero-order chi connectivity index (χ0) is 13.1. The predicted molar refractivity (Wildman–Crippen MR) is 72.4 cm³/mol. The van der Waals surface area contributed by atoms with Crippen molar-refractivity contribution in [1.29, 1.82) is 0 Å². The van der Waals surface area contributed by atoms with Gasteiger partial charge in [0.25, 0.3) is 0 Å². The minimum absolute atomic E-state index is 0.0101. The number of anilines is 1. The Kier molecular flexibility index (Phi) is 3.91. The Morgan fingerprint density at radius 2 is 2.50 bits per heavy atom. The summed E-state index contributed by atoms with van der Waals surface area (Å²) in [5, 5.41) is 12.2. The van der Waals surface area contributed by atoms with Crippen molar-refractivity contribution in [3.63, 3.8) is 0 Å². The van der Waals surface area contributed by atoms with Crippen molar-refractivity contribution >= 4 is 23.3 Å². The molecule has 1 atom stereocenters. The fraction of sp³-hybridized carbons (Fsp3) is 0.500.